The van der Waals surface area contributed by atoms with Crippen molar-refractivity contribution >= 4 is 34.5 Å². The number of nitrogens with one attached hydrogen (secondary N) is 1. The van der Waals surface area contributed by atoms with Crippen LogP contribution in [0.3, 0.4) is 0 Å². The van der Waals surface area contributed by atoms with Crippen molar-refractivity contribution in [3.05, 3.63) is 68.6 Å². The average molecular weight is 359 g/mol. The van der Waals surface area contributed by atoms with Crippen molar-refractivity contribution in [1.82, 2.24) is 9.38 Å². The molecule has 0 bridgehead atoms. The zero-order chi connectivity index (χ0) is 18.1. The van der Waals surface area contributed by atoms with Crippen molar-refractivity contribution in [2.75, 3.05) is 5.32 Å². The van der Waals surface area contributed by atoms with Gasteiger partial charge in [-0.1, -0.05) is 18.5 Å². The normalized spacial score (nSPS) is 10.8. The van der Waals surface area contributed by atoms with E-state index in [1.807, 2.05) is 26.0 Å². The molecule has 0 fully saturated rings. The number of nitro groups is 1. The Hall–Kier alpha value is -2.93. The molecule has 1 aromatic carbocycles. The zero-order valence-electron chi connectivity index (χ0n) is 13.6. The van der Waals surface area contributed by atoms with E-state index in [9.17, 15) is 14.9 Å². The van der Waals surface area contributed by atoms with Gasteiger partial charge in [-0.05, 0) is 37.1 Å². The fourth-order valence-corrected chi connectivity index (χ4v) is 2.80. The number of pyridine rings is 1. The summed E-state index contributed by atoms with van der Waals surface area (Å²) in [5.74, 6) is -0.371. The molecule has 128 valence electrons. The van der Waals surface area contributed by atoms with Crippen molar-refractivity contribution in [3.8, 4) is 0 Å². The highest BCUT2D eigenvalue weighted by atomic mass is 35.5. The Morgan fingerprint density at radius 1 is 1.36 bits per heavy atom. The molecule has 8 heteroatoms. The van der Waals surface area contributed by atoms with Gasteiger partial charge in [0.15, 0.2) is 0 Å². The number of imidazole rings is 1. The Morgan fingerprint density at radius 3 is 2.76 bits per heavy atom. The maximum atomic E-state index is 12.8. The first-order chi connectivity index (χ1) is 11.9. The fraction of sp³-hybridized carbons (Fsp3) is 0.176. The van der Waals surface area contributed by atoms with Gasteiger partial charge < -0.3 is 5.32 Å². The SMILES string of the molecule is CCc1nc2cc(C)ccn2c1C(=O)Nc1ccc([N+](=O)[O-])cc1Cl. The van der Waals surface area contributed by atoms with Gasteiger partial charge in [0.05, 0.1) is 21.3 Å². The number of fused-ring (bicyclic) bond motifs is 1. The zero-order valence-corrected chi connectivity index (χ0v) is 14.4. The number of carbonyl (C=O) groups excluding carboxylic acids is 1. The molecule has 3 rings (SSSR count). The lowest BCUT2D eigenvalue weighted by Crippen LogP contribution is -2.16. The van der Waals surface area contributed by atoms with Crippen LogP contribution >= 0.6 is 11.6 Å². The fourth-order valence-electron chi connectivity index (χ4n) is 2.58. The van der Waals surface area contributed by atoms with Crippen molar-refractivity contribution in [2.24, 2.45) is 0 Å². The van der Waals surface area contributed by atoms with Crippen molar-refractivity contribution in [3.63, 3.8) is 0 Å². The second kappa shape index (κ2) is 6.52. The number of halogens is 1. The summed E-state index contributed by atoms with van der Waals surface area (Å²) in [6.45, 7) is 3.88. The Balaban J connectivity index is 1.99. The molecule has 7 nitrogen and oxygen atoms in total. The summed E-state index contributed by atoms with van der Waals surface area (Å²) >= 11 is 6.05. The maximum absolute atomic E-state index is 12.8. The molecule has 2 heterocycles. The number of benzene rings is 1. The van der Waals surface area contributed by atoms with Gasteiger partial charge in [-0.15, -0.1) is 0 Å². The highest BCUT2D eigenvalue weighted by Crippen LogP contribution is 2.27. The van der Waals surface area contributed by atoms with Gasteiger partial charge in [0.2, 0.25) is 0 Å². The number of hydrogen-bond donors (Lipinski definition) is 1. The van der Waals surface area contributed by atoms with Crippen LogP contribution in [0.15, 0.2) is 36.5 Å². The third-order valence-electron chi connectivity index (χ3n) is 3.82. The van der Waals surface area contributed by atoms with Crippen molar-refractivity contribution in [2.45, 2.75) is 20.3 Å². The highest BCUT2D eigenvalue weighted by Gasteiger charge is 2.20. The van der Waals surface area contributed by atoms with Crippen LogP contribution in [0.4, 0.5) is 11.4 Å². The van der Waals surface area contributed by atoms with Gasteiger partial charge in [-0.3, -0.25) is 19.3 Å². The number of non-ortho nitro benzene ring substituents is 1. The van der Waals surface area contributed by atoms with E-state index in [1.165, 1.54) is 18.2 Å². The van der Waals surface area contributed by atoms with Crippen LogP contribution in [0.1, 0.15) is 28.7 Å². The number of aryl methyl sites for hydroxylation is 2. The van der Waals surface area contributed by atoms with E-state index in [0.717, 1.165) is 5.56 Å². The Morgan fingerprint density at radius 2 is 2.12 bits per heavy atom. The minimum atomic E-state index is -0.542. The molecular formula is C17H15ClN4O3. The quantitative estimate of drug-likeness (QED) is 0.563. The van der Waals surface area contributed by atoms with Gasteiger partial charge >= 0.3 is 0 Å². The Labute approximate surface area is 148 Å². The van der Waals surface area contributed by atoms with E-state index < -0.39 is 4.92 Å². The molecular weight excluding hydrogens is 344 g/mol. The van der Waals surface area contributed by atoms with E-state index in [-0.39, 0.29) is 16.6 Å². The second-order valence-corrected chi connectivity index (χ2v) is 5.98. The van der Waals surface area contributed by atoms with E-state index in [0.29, 0.717) is 29.1 Å². The van der Waals surface area contributed by atoms with Gasteiger partial charge in [0.1, 0.15) is 11.3 Å². The van der Waals surface area contributed by atoms with Crippen LogP contribution in [-0.2, 0) is 6.42 Å². The van der Waals surface area contributed by atoms with E-state index in [1.54, 1.807) is 10.6 Å². The first-order valence-electron chi connectivity index (χ1n) is 7.63. The first-order valence-corrected chi connectivity index (χ1v) is 8.01. The van der Waals surface area contributed by atoms with E-state index in [4.69, 9.17) is 11.6 Å². The summed E-state index contributed by atoms with van der Waals surface area (Å²) in [5.41, 5.74) is 3.00. The number of nitro benzene ring substituents is 1. The molecule has 0 atom stereocenters. The molecule has 0 aliphatic carbocycles. The Bertz CT molecular complexity index is 997. The predicted molar refractivity (Wildman–Crippen MR) is 95.4 cm³/mol. The van der Waals surface area contributed by atoms with Crippen LogP contribution in [0, 0.1) is 17.0 Å². The van der Waals surface area contributed by atoms with Crippen LogP contribution in [0.25, 0.3) is 5.65 Å². The molecule has 0 spiro atoms. The van der Waals surface area contributed by atoms with Crippen molar-refractivity contribution in [1.29, 1.82) is 0 Å². The average Bonchev–Trinajstić information content (AvgIpc) is 2.94. The minimum absolute atomic E-state index is 0.102. The third kappa shape index (κ3) is 3.18. The van der Waals surface area contributed by atoms with Crippen LogP contribution in [0.2, 0.25) is 5.02 Å². The van der Waals surface area contributed by atoms with E-state index in [2.05, 4.69) is 10.3 Å². The number of anilines is 1. The number of nitrogens with zero attached hydrogens (tertiary/aromatic N) is 3. The standard InChI is InChI=1S/C17H15ClN4O3/c1-3-13-16(21-7-6-10(2)8-15(21)19-13)17(23)20-14-5-4-11(22(24)25)9-12(14)18/h4-9H,3H2,1-2H3,(H,20,23). The topological polar surface area (TPSA) is 89.5 Å². The minimum Gasteiger partial charge on any atom is -0.319 e. The monoisotopic (exact) mass is 358 g/mol. The summed E-state index contributed by atoms with van der Waals surface area (Å²) in [4.78, 5) is 27.5. The molecule has 2 aromatic heterocycles. The van der Waals surface area contributed by atoms with Gasteiger partial charge in [-0.25, -0.2) is 4.98 Å². The lowest BCUT2D eigenvalue weighted by atomic mass is 10.2. The molecule has 0 aliphatic rings. The second-order valence-electron chi connectivity index (χ2n) is 5.57. The molecule has 25 heavy (non-hydrogen) atoms. The summed E-state index contributed by atoms with van der Waals surface area (Å²) < 4.78 is 1.72. The molecule has 0 saturated heterocycles. The first kappa shape index (κ1) is 16.9. The number of rotatable bonds is 4. The molecule has 0 saturated carbocycles. The van der Waals surface area contributed by atoms with Crippen LogP contribution in [-0.4, -0.2) is 20.2 Å². The largest absolute Gasteiger partial charge is 0.319 e. The van der Waals surface area contributed by atoms with Gasteiger partial charge in [0, 0.05) is 18.3 Å². The molecule has 1 N–H and O–H groups in total. The lowest BCUT2D eigenvalue weighted by Gasteiger charge is -2.08. The maximum Gasteiger partial charge on any atom is 0.274 e. The number of hydrogen-bond acceptors (Lipinski definition) is 4. The molecule has 0 aliphatic heterocycles. The third-order valence-corrected chi connectivity index (χ3v) is 4.13. The van der Waals surface area contributed by atoms with Crippen molar-refractivity contribution < 1.29 is 9.72 Å². The number of amides is 1. The number of carbonyl (C=O) groups is 1. The van der Waals surface area contributed by atoms with E-state index >= 15 is 0 Å². The predicted octanol–water partition coefficient (Wildman–Crippen LogP) is 4.02. The smallest absolute Gasteiger partial charge is 0.274 e. The molecule has 0 unspecified atom stereocenters. The summed E-state index contributed by atoms with van der Waals surface area (Å²) in [6, 6.07) is 7.70. The highest BCUT2D eigenvalue weighted by molar-refractivity contribution is 6.34. The van der Waals surface area contributed by atoms with Gasteiger partial charge in [-0.2, -0.15) is 0 Å². The van der Waals surface area contributed by atoms with Gasteiger partial charge in [0.25, 0.3) is 11.6 Å². The summed E-state index contributed by atoms with van der Waals surface area (Å²) in [5, 5.41) is 13.6. The molecule has 1 amide bonds. The number of aromatic nitrogens is 2. The van der Waals surface area contributed by atoms with Crippen LogP contribution < -0.4 is 5.32 Å². The Kier molecular flexibility index (Phi) is 4.41. The summed E-state index contributed by atoms with van der Waals surface area (Å²) in [7, 11) is 0. The summed E-state index contributed by atoms with van der Waals surface area (Å²) in [6.07, 6.45) is 2.39. The molecule has 0 radical (unpaired) electrons. The molecule has 3 aromatic rings. The van der Waals surface area contributed by atoms with Crippen LogP contribution in [0.5, 0.6) is 0 Å². The lowest BCUT2D eigenvalue weighted by molar-refractivity contribution is -0.384.